The van der Waals surface area contributed by atoms with Crippen molar-refractivity contribution in [2.24, 2.45) is 11.3 Å². The van der Waals surface area contributed by atoms with Gasteiger partial charge in [-0.15, -0.1) is 0 Å². The summed E-state index contributed by atoms with van der Waals surface area (Å²) in [6.07, 6.45) is 1.86. The molecule has 0 bridgehead atoms. The Morgan fingerprint density at radius 1 is 1.21 bits per heavy atom. The fourth-order valence-corrected chi connectivity index (χ4v) is 2.71. The highest BCUT2D eigenvalue weighted by atomic mass is 19.1. The Labute approximate surface area is 115 Å². The molecule has 0 aromatic heterocycles. The van der Waals surface area contributed by atoms with E-state index in [1.54, 1.807) is 7.05 Å². The molecular weight excluding hydrogens is 244 g/mol. The fourth-order valence-electron chi connectivity index (χ4n) is 2.71. The number of rotatable bonds is 5. The standard InChI is InChI=1S/C16H25F2N/c1-11(10-16(2,3)4)8-15(19-5)13-9-12(17)6-7-14(13)18/h6-7,9,11,15,19H,8,10H2,1-5H3. The highest BCUT2D eigenvalue weighted by Gasteiger charge is 2.21. The molecule has 0 aliphatic rings. The van der Waals surface area contributed by atoms with E-state index < -0.39 is 0 Å². The van der Waals surface area contributed by atoms with E-state index in [0.29, 0.717) is 11.5 Å². The van der Waals surface area contributed by atoms with Crippen molar-refractivity contribution in [3.8, 4) is 0 Å². The van der Waals surface area contributed by atoms with Crippen LogP contribution < -0.4 is 5.32 Å². The minimum absolute atomic E-state index is 0.145. The van der Waals surface area contributed by atoms with Crippen molar-refractivity contribution in [1.29, 1.82) is 0 Å². The van der Waals surface area contributed by atoms with Crippen LogP contribution in [0.2, 0.25) is 0 Å². The molecule has 3 heteroatoms. The lowest BCUT2D eigenvalue weighted by Gasteiger charge is -2.27. The first kappa shape index (κ1) is 16.1. The first-order valence-electron chi connectivity index (χ1n) is 6.85. The predicted octanol–water partition coefficient (Wildman–Crippen LogP) is 4.69. The third-order valence-electron chi connectivity index (χ3n) is 3.28. The van der Waals surface area contributed by atoms with Gasteiger partial charge in [0.15, 0.2) is 0 Å². The summed E-state index contributed by atoms with van der Waals surface area (Å²) in [5.41, 5.74) is 0.668. The Bertz CT molecular complexity index is 410. The van der Waals surface area contributed by atoms with Crippen LogP contribution in [0.15, 0.2) is 18.2 Å². The molecule has 2 atom stereocenters. The predicted molar refractivity (Wildman–Crippen MR) is 76.0 cm³/mol. The Balaban J connectivity index is 2.80. The highest BCUT2D eigenvalue weighted by molar-refractivity contribution is 5.22. The summed E-state index contributed by atoms with van der Waals surface area (Å²) < 4.78 is 27.0. The molecule has 108 valence electrons. The van der Waals surface area contributed by atoms with Gasteiger partial charge in [-0.3, -0.25) is 0 Å². The molecule has 2 unspecified atom stereocenters. The third kappa shape index (κ3) is 5.27. The van der Waals surface area contributed by atoms with E-state index in [2.05, 4.69) is 33.0 Å². The normalized spacial score (nSPS) is 15.3. The fraction of sp³-hybridized carbons (Fsp3) is 0.625. The Kier molecular flexibility index (Phi) is 5.48. The molecule has 0 saturated carbocycles. The lowest BCUT2D eigenvalue weighted by Crippen LogP contribution is -2.22. The molecule has 0 fully saturated rings. The molecule has 1 aromatic rings. The van der Waals surface area contributed by atoms with Gasteiger partial charge in [0, 0.05) is 11.6 Å². The molecule has 0 amide bonds. The van der Waals surface area contributed by atoms with E-state index in [-0.39, 0.29) is 23.1 Å². The largest absolute Gasteiger partial charge is 0.313 e. The van der Waals surface area contributed by atoms with E-state index in [4.69, 9.17) is 0 Å². The van der Waals surface area contributed by atoms with Crippen LogP contribution in [-0.4, -0.2) is 7.05 Å². The molecule has 0 aliphatic heterocycles. The number of halogens is 2. The van der Waals surface area contributed by atoms with Gasteiger partial charge in [-0.1, -0.05) is 27.7 Å². The van der Waals surface area contributed by atoms with Gasteiger partial charge < -0.3 is 5.32 Å². The quantitative estimate of drug-likeness (QED) is 0.818. The van der Waals surface area contributed by atoms with Crippen molar-refractivity contribution < 1.29 is 8.78 Å². The zero-order chi connectivity index (χ0) is 14.6. The lowest BCUT2D eigenvalue weighted by atomic mass is 9.82. The molecule has 1 rings (SSSR count). The van der Waals surface area contributed by atoms with Gasteiger partial charge in [-0.2, -0.15) is 0 Å². The molecule has 0 radical (unpaired) electrons. The molecular formula is C16H25F2N. The SMILES string of the molecule is CNC(CC(C)CC(C)(C)C)c1cc(F)ccc1F. The highest BCUT2D eigenvalue weighted by Crippen LogP contribution is 2.31. The summed E-state index contributed by atoms with van der Waals surface area (Å²) >= 11 is 0. The maximum absolute atomic E-state index is 13.8. The zero-order valence-corrected chi connectivity index (χ0v) is 12.6. The van der Waals surface area contributed by atoms with Crippen LogP contribution in [-0.2, 0) is 0 Å². The maximum atomic E-state index is 13.8. The average molecular weight is 269 g/mol. The summed E-state index contributed by atoms with van der Waals surface area (Å²) in [7, 11) is 1.79. The van der Waals surface area contributed by atoms with Crippen LogP contribution >= 0.6 is 0 Å². The van der Waals surface area contributed by atoms with E-state index in [0.717, 1.165) is 18.9 Å². The third-order valence-corrected chi connectivity index (χ3v) is 3.28. The number of hydrogen-bond acceptors (Lipinski definition) is 1. The van der Waals surface area contributed by atoms with Gasteiger partial charge in [0.2, 0.25) is 0 Å². The minimum atomic E-state index is -0.389. The first-order chi connectivity index (χ1) is 8.73. The second-order valence-corrected chi connectivity index (χ2v) is 6.61. The van der Waals surface area contributed by atoms with E-state index in [1.165, 1.54) is 12.1 Å². The Morgan fingerprint density at radius 3 is 2.37 bits per heavy atom. The van der Waals surface area contributed by atoms with E-state index in [9.17, 15) is 8.78 Å². The minimum Gasteiger partial charge on any atom is -0.313 e. The zero-order valence-electron chi connectivity index (χ0n) is 12.6. The Hall–Kier alpha value is -0.960. The molecule has 19 heavy (non-hydrogen) atoms. The van der Waals surface area contributed by atoms with Gasteiger partial charge in [-0.05, 0) is 49.4 Å². The van der Waals surface area contributed by atoms with Gasteiger partial charge in [0.25, 0.3) is 0 Å². The second kappa shape index (κ2) is 6.47. The van der Waals surface area contributed by atoms with Gasteiger partial charge in [0.1, 0.15) is 11.6 Å². The number of nitrogens with one attached hydrogen (secondary N) is 1. The van der Waals surface area contributed by atoms with Crippen molar-refractivity contribution in [2.75, 3.05) is 7.05 Å². The van der Waals surface area contributed by atoms with Crippen molar-refractivity contribution in [3.05, 3.63) is 35.4 Å². The Morgan fingerprint density at radius 2 is 1.84 bits per heavy atom. The van der Waals surface area contributed by atoms with Gasteiger partial charge in [-0.25, -0.2) is 8.78 Å². The van der Waals surface area contributed by atoms with Gasteiger partial charge in [0.05, 0.1) is 0 Å². The molecule has 1 N–H and O–H groups in total. The smallest absolute Gasteiger partial charge is 0.128 e. The molecule has 0 heterocycles. The molecule has 0 aliphatic carbocycles. The van der Waals surface area contributed by atoms with Crippen molar-refractivity contribution in [2.45, 2.75) is 46.6 Å². The summed E-state index contributed by atoms with van der Waals surface area (Å²) in [4.78, 5) is 0. The van der Waals surface area contributed by atoms with E-state index in [1.807, 2.05) is 0 Å². The molecule has 1 nitrogen and oxygen atoms in total. The van der Waals surface area contributed by atoms with Gasteiger partial charge >= 0.3 is 0 Å². The number of hydrogen-bond donors (Lipinski definition) is 1. The summed E-state index contributed by atoms with van der Waals surface area (Å²) in [6, 6.07) is 3.50. The van der Waals surface area contributed by atoms with Crippen LogP contribution in [0, 0.1) is 23.0 Å². The van der Waals surface area contributed by atoms with Crippen LogP contribution in [0.25, 0.3) is 0 Å². The lowest BCUT2D eigenvalue weighted by molar-refractivity contribution is 0.277. The monoisotopic (exact) mass is 269 g/mol. The molecule has 0 spiro atoms. The maximum Gasteiger partial charge on any atom is 0.128 e. The summed E-state index contributed by atoms with van der Waals surface area (Å²) in [5.74, 6) is -0.288. The van der Waals surface area contributed by atoms with Crippen LogP contribution in [0.5, 0.6) is 0 Å². The van der Waals surface area contributed by atoms with Crippen molar-refractivity contribution in [1.82, 2.24) is 5.32 Å². The molecule has 1 aromatic carbocycles. The summed E-state index contributed by atoms with van der Waals surface area (Å²) in [5, 5.41) is 3.10. The number of benzene rings is 1. The first-order valence-corrected chi connectivity index (χ1v) is 6.85. The van der Waals surface area contributed by atoms with Crippen LogP contribution in [0.1, 0.15) is 52.1 Å². The average Bonchev–Trinajstić information content (AvgIpc) is 2.27. The van der Waals surface area contributed by atoms with Crippen molar-refractivity contribution >= 4 is 0 Å². The topological polar surface area (TPSA) is 12.0 Å². The van der Waals surface area contributed by atoms with Crippen molar-refractivity contribution in [3.63, 3.8) is 0 Å². The van der Waals surface area contributed by atoms with Crippen LogP contribution in [0.3, 0.4) is 0 Å². The summed E-state index contributed by atoms with van der Waals surface area (Å²) in [6.45, 7) is 8.74. The molecule has 0 saturated heterocycles. The second-order valence-electron chi connectivity index (χ2n) is 6.61. The van der Waals surface area contributed by atoms with Crippen LogP contribution in [0.4, 0.5) is 8.78 Å². The van der Waals surface area contributed by atoms with E-state index >= 15 is 0 Å².